The molecule has 0 saturated carbocycles. The van der Waals surface area contributed by atoms with Crippen molar-refractivity contribution in [3.63, 3.8) is 0 Å². The fourth-order valence-electron chi connectivity index (χ4n) is 2.79. The monoisotopic (exact) mass is 337 g/mol. The molecule has 1 aromatic heterocycles. The predicted octanol–water partition coefficient (Wildman–Crippen LogP) is 3.04. The summed E-state index contributed by atoms with van der Waals surface area (Å²) in [5, 5.41) is 17.4. The molecule has 0 unspecified atom stereocenters. The van der Waals surface area contributed by atoms with Gasteiger partial charge in [0.25, 0.3) is 0 Å². The summed E-state index contributed by atoms with van der Waals surface area (Å²) in [6, 6.07) is 18.5. The van der Waals surface area contributed by atoms with E-state index in [-0.39, 0.29) is 12.0 Å². The first-order valence-corrected chi connectivity index (χ1v) is 8.35. The number of ether oxygens (including phenoxy) is 1. The summed E-state index contributed by atoms with van der Waals surface area (Å²) in [7, 11) is 0. The number of nitrogens with zero attached hydrogens (tertiary/aromatic N) is 3. The highest BCUT2D eigenvalue weighted by molar-refractivity contribution is 5.39. The molecule has 5 nitrogen and oxygen atoms in total. The van der Waals surface area contributed by atoms with Crippen LogP contribution in [0.4, 0.5) is 0 Å². The first-order valence-electron chi connectivity index (χ1n) is 8.35. The second-order valence-electron chi connectivity index (χ2n) is 6.64. The molecular formula is C20H23N3O2. The van der Waals surface area contributed by atoms with Crippen molar-refractivity contribution in [3.05, 3.63) is 78.4 Å². The van der Waals surface area contributed by atoms with Gasteiger partial charge in [-0.05, 0) is 23.3 Å². The summed E-state index contributed by atoms with van der Waals surface area (Å²) in [4.78, 5) is 0. The van der Waals surface area contributed by atoms with Gasteiger partial charge in [0.2, 0.25) is 0 Å². The van der Waals surface area contributed by atoms with E-state index in [0.717, 1.165) is 5.75 Å². The van der Waals surface area contributed by atoms with Crippen molar-refractivity contribution in [1.29, 1.82) is 0 Å². The lowest BCUT2D eigenvalue weighted by atomic mass is 9.78. The Kier molecular flexibility index (Phi) is 5.14. The fraction of sp³-hybridized carbons (Fsp3) is 0.300. The van der Waals surface area contributed by atoms with Gasteiger partial charge in [0.05, 0.1) is 6.54 Å². The normalized spacial score (nSPS) is 12.8. The van der Waals surface area contributed by atoms with Gasteiger partial charge in [0, 0.05) is 5.41 Å². The summed E-state index contributed by atoms with van der Waals surface area (Å²) in [5.41, 5.74) is 2.41. The minimum absolute atomic E-state index is 0.0757. The molecule has 1 atom stereocenters. The number of aliphatic hydroxyl groups excluding tert-OH is 1. The van der Waals surface area contributed by atoms with Crippen molar-refractivity contribution in [2.75, 3.05) is 6.61 Å². The molecule has 1 heterocycles. The Bertz CT molecular complexity index is 768. The van der Waals surface area contributed by atoms with Gasteiger partial charge in [-0.15, -0.1) is 10.2 Å². The maximum atomic E-state index is 10.0. The molecule has 0 aliphatic rings. The van der Waals surface area contributed by atoms with E-state index in [9.17, 15) is 5.11 Å². The van der Waals surface area contributed by atoms with Crippen molar-refractivity contribution in [2.45, 2.75) is 31.9 Å². The second-order valence-corrected chi connectivity index (χ2v) is 6.64. The Morgan fingerprint density at radius 1 is 0.960 bits per heavy atom. The summed E-state index contributed by atoms with van der Waals surface area (Å²) in [6.45, 7) is 5.05. The first kappa shape index (κ1) is 17.2. The SMILES string of the molecule is CC(C)(c1ccccc1)c1ccc(OC[C@@H](O)Cn2cnnc2)cc1. The van der Waals surface area contributed by atoms with E-state index in [4.69, 9.17) is 4.74 Å². The first-order chi connectivity index (χ1) is 12.1. The topological polar surface area (TPSA) is 60.2 Å². The van der Waals surface area contributed by atoms with E-state index in [1.54, 1.807) is 17.2 Å². The smallest absolute Gasteiger partial charge is 0.119 e. The van der Waals surface area contributed by atoms with Crippen LogP contribution in [0.1, 0.15) is 25.0 Å². The molecular weight excluding hydrogens is 314 g/mol. The van der Waals surface area contributed by atoms with E-state index in [1.807, 2.05) is 18.2 Å². The molecule has 2 aromatic carbocycles. The summed E-state index contributed by atoms with van der Waals surface area (Å²) < 4.78 is 7.41. The van der Waals surface area contributed by atoms with Crippen molar-refractivity contribution < 1.29 is 9.84 Å². The van der Waals surface area contributed by atoms with Crippen LogP contribution in [0, 0.1) is 0 Å². The van der Waals surface area contributed by atoms with Gasteiger partial charge >= 0.3 is 0 Å². The molecule has 5 heteroatoms. The number of aliphatic hydroxyl groups is 1. The largest absolute Gasteiger partial charge is 0.491 e. The van der Waals surface area contributed by atoms with E-state index in [2.05, 4.69) is 60.4 Å². The quantitative estimate of drug-likeness (QED) is 0.720. The highest BCUT2D eigenvalue weighted by Gasteiger charge is 2.22. The summed E-state index contributed by atoms with van der Waals surface area (Å²) in [5.74, 6) is 0.746. The Morgan fingerprint density at radius 2 is 1.56 bits per heavy atom. The molecule has 0 aliphatic heterocycles. The van der Waals surface area contributed by atoms with Gasteiger partial charge in [0.1, 0.15) is 31.1 Å². The van der Waals surface area contributed by atoms with Gasteiger partial charge in [-0.25, -0.2) is 0 Å². The van der Waals surface area contributed by atoms with Crippen molar-refractivity contribution in [1.82, 2.24) is 14.8 Å². The molecule has 0 radical (unpaired) electrons. The average Bonchev–Trinajstić information content (AvgIpc) is 3.14. The number of hydrogen-bond donors (Lipinski definition) is 1. The fourth-order valence-corrected chi connectivity index (χ4v) is 2.79. The predicted molar refractivity (Wildman–Crippen MR) is 96.5 cm³/mol. The average molecular weight is 337 g/mol. The van der Waals surface area contributed by atoms with Crippen LogP contribution in [-0.2, 0) is 12.0 Å². The molecule has 3 aromatic rings. The third-order valence-electron chi connectivity index (χ3n) is 4.40. The van der Waals surface area contributed by atoms with Crippen LogP contribution in [0.5, 0.6) is 5.75 Å². The Morgan fingerprint density at radius 3 is 2.20 bits per heavy atom. The summed E-state index contributed by atoms with van der Waals surface area (Å²) in [6.07, 6.45) is 2.53. The Labute approximate surface area is 147 Å². The molecule has 0 amide bonds. The zero-order chi connectivity index (χ0) is 17.7. The lowest BCUT2D eigenvalue weighted by Gasteiger charge is -2.26. The van der Waals surface area contributed by atoms with Crippen LogP contribution < -0.4 is 4.74 Å². The van der Waals surface area contributed by atoms with Crippen LogP contribution in [-0.4, -0.2) is 32.6 Å². The zero-order valence-electron chi connectivity index (χ0n) is 14.5. The number of hydrogen-bond acceptors (Lipinski definition) is 4. The van der Waals surface area contributed by atoms with Crippen LogP contribution in [0.15, 0.2) is 67.3 Å². The number of rotatable bonds is 7. The lowest BCUT2D eigenvalue weighted by Crippen LogP contribution is -2.23. The van der Waals surface area contributed by atoms with E-state index in [0.29, 0.717) is 6.54 Å². The van der Waals surface area contributed by atoms with E-state index < -0.39 is 6.10 Å². The van der Waals surface area contributed by atoms with Gasteiger partial charge in [-0.3, -0.25) is 0 Å². The lowest BCUT2D eigenvalue weighted by molar-refractivity contribution is 0.0923. The van der Waals surface area contributed by atoms with Crippen LogP contribution >= 0.6 is 0 Å². The molecule has 3 rings (SSSR count). The van der Waals surface area contributed by atoms with E-state index >= 15 is 0 Å². The maximum Gasteiger partial charge on any atom is 0.119 e. The van der Waals surface area contributed by atoms with Gasteiger partial charge in [0.15, 0.2) is 0 Å². The third-order valence-corrected chi connectivity index (χ3v) is 4.40. The van der Waals surface area contributed by atoms with E-state index in [1.165, 1.54) is 11.1 Å². The standard InChI is InChI=1S/C20H23N3O2/c1-20(2,16-6-4-3-5-7-16)17-8-10-19(11-9-17)25-13-18(24)12-23-14-21-22-15-23/h3-11,14-15,18,24H,12-13H2,1-2H3/t18-/m0/s1. The van der Waals surface area contributed by atoms with Gasteiger partial charge in [-0.1, -0.05) is 56.3 Å². The van der Waals surface area contributed by atoms with Crippen LogP contribution in [0.2, 0.25) is 0 Å². The molecule has 0 aliphatic carbocycles. The molecule has 130 valence electrons. The molecule has 25 heavy (non-hydrogen) atoms. The molecule has 0 fully saturated rings. The molecule has 0 bridgehead atoms. The zero-order valence-corrected chi connectivity index (χ0v) is 14.5. The molecule has 0 saturated heterocycles. The van der Waals surface area contributed by atoms with Crippen molar-refractivity contribution in [3.8, 4) is 5.75 Å². The minimum Gasteiger partial charge on any atom is -0.491 e. The van der Waals surface area contributed by atoms with Crippen LogP contribution in [0.3, 0.4) is 0 Å². The Balaban J connectivity index is 1.60. The van der Waals surface area contributed by atoms with Gasteiger partial charge < -0.3 is 14.4 Å². The number of aromatic nitrogens is 3. The van der Waals surface area contributed by atoms with Crippen LogP contribution in [0.25, 0.3) is 0 Å². The number of benzene rings is 2. The van der Waals surface area contributed by atoms with Crippen molar-refractivity contribution >= 4 is 0 Å². The maximum absolute atomic E-state index is 10.0. The highest BCUT2D eigenvalue weighted by atomic mass is 16.5. The molecule has 1 N–H and O–H groups in total. The minimum atomic E-state index is -0.614. The Hall–Kier alpha value is -2.66. The highest BCUT2D eigenvalue weighted by Crippen LogP contribution is 2.32. The van der Waals surface area contributed by atoms with Crippen molar-refractivity contribution in [2.24, 2.45) is 0 Å². The second kappa shape index (κ2) is 7.49. The van der Waals surface area contributed by atoms with Gasteiger partial charge in [-0.2, -0.15) is 0 Å². The summed E-state index contributed by atoms with van der Waals surface area (Å²) >= 11 is 0. The molecule has 0 spiro atoms. The third kappa shape index (κ3) is 4.25.